The Morgan fingerprint density at radius 3 is 2.64 bits per heavy atom. The number of hydrogen-bond acceptors (Lipinski definition) is 3. The van der Waals surface area contributed by atoms with E-state index < -0.39 is 11.6 Å². The predicted octanol–water partition coefficient (Wildman–Crippen LogP) is 3.86. The number of fused-ring (bicyclic) bond motifs is 2. The summed E-state index contributed by atoms with van der Waals surface area (Å²) in [5, 5.41) is 3.09. The molecule has 0 spiro atoms. The average molecular weight is 344 g/mol. The number of aromatic nitrogens is 1. The molecular formula is C18H14F2N2O3. The molecule has 0 atom stereocenters. The maximum atomic E-state index is 13.5. The van der Waals surface area contributed by atoms with E-state index >= 15 is 0 Å². The molecule has 1 aromatic heterocycles. The number of carbonyl (C=O) groups is 1. The highest BCUT2D eigenvalue weighted by molar-refractivity contribution is 6.09. The fourth-order valence-electron chi connectivity index (χ4n) is 2.72. The van der Waals surface area contributed by atoms with Crippen molar-refractivity contribution in [3.8, 4) is 11.5 Å². The fourth-order valence-corrected chi connectivity index (χ4v) is 2.72. The molecule has 1 aliphatic heterocycles. The van der Waals surface area contributed by atoms with Gasteiger partial charge in [-0.05, 0) is 24.3 Å². The first-order valence-corrected chi connectivity index (χ1v) is 7.79. The molecular weight excluding hydrogens is 330 g/mol. The Balaban J connectivity index is 1.62. The van der Waals surface area contributed by atoms with E-state index in [1.807, 2.05) is 0 Å². The van der Waals surface area contributed by atoms with Crippen LogP contribution in [0.5, 0.6) is 11.5 Å². The molecule has 0 bridgehead atoms. The van der Waals surface area contributed by atoms with E-state index in [9.17, 15) is 13.6 Å². The third-order valence-electron chi connectivity index (χ3n) is 3.98. The molecule has 2 heterocycles. The highest BCUT2D eigenvalue weighted by Gasteiger charge is 2.16. The zero-order chi connectivity index (χ0) is 17.4. The lowest BCUT2D eigenvalue weighted by molar-refractivity contribution is 0.102. The van der Waals surface area contributed by atoms with Gasteiger partial charge in [0.25, 0.3) is 5.91 Å². The van der Waals surface area contributed by atoms with Crippen molar-refractivity contribution >= 4 is 22.5 Å². The number of halogens is 2. The van der Waals surface area contributed by atoms with Crippen LogP contribution in [-0.2, 0) is 0 Å². The molecule has 0 saturated heterocycles. The number of aromatic amines is 1. The van der Waals surface area contributed by atoms with Gasteiger partial charge in [-0.3, -0.25) is 4.79 Å². The molecule has 4 rings (SSSR count). The van der Waals surface area contributed by atoms with Crippen LogP contribution in [0.15, 0.2) is 36.5 Å². The molecule has 0 unspecified atom stereocenters. The van der Waals surface area contributed by atoms with Gasteiger partial charge in [0.15, 0.2) is 23.1 Å². The van der Waals surface area contributed by atoms with Gasteiger partial charge in [0, 0.05) is 29.6 Å². The van der Waals surface area contributed by atoms with Gasteiger partial charge in [0.2, 0.25) is 0 Å². The van der Waals surface area contributed by atoms with Crippen LogP contribution in [0.1, 0.15) is 16.8 Å². The first-order valence-electron chi connectivity index (χ1n) is 7.79. The number of anilines is 1. The lowest BCUT2D eigenvalue weighted by Crippen LogP contribution is -2.11. The van der Waals surface area contributed by atoms with Crippen LogP contribution in [0, 0.1) is 11.6 Å². The number of ether oxygens (including phenoxy) is 2. The van der Waals surface area contributed by atoms with Crippen molar-refractivity contribution in [1.29, 1.82) is 0 Å². The summed E-state index contributed by atoms with van der Waals surface area (Å²) >= 11 is 0. The van der Waals surface area contributed by atoms with E-state index in [1.165, 1.54) is 6.20 Å². The van der Waals surface area contributed by atoms with Crippen molar-refractivity contribution in [3.63, 3.8) is 0 Å². The molecule has 25 heavy (non-hydrogen) atoms. The Morgan fingerprint density at radius 2 is 1.80 bits per heavy atom. The van der Waals surface area contributed by atoms with Crippen LogP contribution in [-0.4, -0.2) is 24.1 Å². The molecule has 1 aliphatic rings. The van der Waals surface area contributed by atoms with Crippen LogP contribution in [0.3, 0.4) is 0 Å². The minimum atomic E-state index is -0.974. The standard InChI is InChI=1S/C18H14F2N2O3/c19-12-7-11-14(8-13(12)20)21-9-15(11)22-18(23)10-2-3-16-17(6-10)25-5-1-4-24-16/h2-3,6-9,21H,1,4-5H2,(H,22,23). The number of hydrogen-bond donors (Lipinski definition) is 2. The SMILES string of the molecule is O=C(Nc1c[nH]c2cc(F)c(F)cc12)c1ccc2c(c1)OCCCO2. The number of nitrogens with one attached hydrogen (secondary N) is 2. The van der Waals surface area contributed by atoms with Gasteiger partial charge in [0.1, 0.15) is 0 Å². The fraction of sp³-hybridized carbons (Fsp3) is 0.167. The Labute approximate surface area is 141 Å². The van der Waals surface area contributed by atoms with Crippen molar-refractivity contribution in [2.24, 2.45) is 0 Å². The Hall–Kier alpha value is -3.09. The van der Waals surface area contributed by atoms with E-state index in [4.69, 9.17) is 9.47 Å². The summed E-state index contributed by atoms with van der Waals surface area (Å²) < 4.78 is 37.8. The van der Waals surface area contributed by atoms with Crippen LogP contribution < -0.4 is 14.8 Å². The van der Waals surface area contributed by atoms with E-state index in [0.717, 1.165) is 18.6 Å². The maximum Gasteiger partial charge on any atom is 0.255 e. The molecule has 7 heteroatoms. The number of rotatable bonds is 2. The second kappa shape index (κ2) is 6.08. The van der Waals surface area contributed by atoms with Gasteiger partial charge in [-0.25, -0.2) is 8.78 Å². The molecule has 2 N–H and O–H groups in total. The van der Waals surface area contributed by atoms with Gasteiger partial charge < -0.3 is 19.8 Å². The third kappa shape index (κ3) is 2.88. The first-order chi connectivity index (χ1) is 12.1. The number of benzene rings is 2. The van der Waals surface area contributed by atoms with E-state index in [1.54, 1.807) is 18.2 Å². The third-order valence-corrected chi connectivity index (χ3v) is 3.98. The average Bonchev–Trinajstić information content (AvgIpc) is 2.83. The summed E-state index contributed by atoms with van der Waals surface area (Å²) in [5.74, 6) is -1.20. The second-order valence-electron chi connectivity index (χ2n) is 5.68. The molecule has 0 aliphatic carbocycles. The molecule has 128 valence electrons. The minimum absolute atomic E-state index is 0.367. The first kappa shape index (κ1) is 15.4. The maximum absolute atomic E-state index is 13.5. The number of H-pyrrole nitrogens is 1. The lowest BCUT2D eigenvalue weighted by atomic mass is 10.1. The zero-order valence-corrected chi connectivity index (χ0v) is 13.1. The molecule has 1 amide bonds. The molecule has 0 fully saturated rings. The van der Waals surface area contributed by atoms with Crippen molar-refractivity contribution in [2.45, 2.75) is 6.42 Å². The van der Waals surface area contributed by atoms with E-state index in [2.05, 4.69) is 10.3 Å². The van der Waals surface area contributed by atoms with Crippen molar-refractivity contribution in [2.75, 3.05) is 18.5 Å². The highest BCUT2D eigenvalue weighted by Crippen LogP contribution is 2.31. The summed E-state index contributed by atoms with van der Waals surface area (Å²) in [6.45, 7) is 1.08. The molecule has 5 nitrogen and oxygen atoms in total. The monoisotopic (exact) mass is 344 g/mol. The van der Waals surface area contributed by atoms with Crippen LogP contribution in [0.2, 0.25) is 0 Å². The Kier molecular flexibility index (Phi) is 3.76. The smallest absolute Gasteiger partial charge is 0.255 e. The van der Waals surface area contributed by atoms with Gasteiger partial charge in [-0.2, -0.15) is 0 Å². The van der Waals surface area contributed by atoms with Crippen LogP contribution in [0.25, 0.3) is 10.9 Å². The van der Waals surface area contributed by atoms with Crippen molar-refractivity contribution in [3.05, 3.63) is 53.7 Å². The molecule has 0 radical (unpaired) electrons. The lowest BCUT2D eigenvalue weighted by Gasteiger charge is -2.09. The van der Waals surface area contributed by atoms with Crippen molar-refractivity contribution in [1.82, 2.24) is 4.98 Å². The molecule has 2 aromatic carbocycles. The summed E-state index contributed by atoms with van der Waals surface area (Å²) in [6, 6.07) is 7.00. The normalized spacial score (nSPS) is 13.5. The van der Waals surface area contributed by atoms with Gasteiger partial charge >= 0.3 is 0 Å². The van der Waals surface area contributed by atoms with Crippen molar-refractivity contribution < 1.29 is 23.0 Å². The topological polar surface area (TPSA) is 63.4 Å². The second-order valence-corrected chi connectivity index (χ2v) is 5.68. The number of amides is 1. The van der Waals surface area contributed by atoms with E-state index in [-0.39, 0.29) is 5.91 Å². The quantitative estimate of drug-likeness (QED) is 0.742. The van der Waals surface area contributed by atoms with Gasteiger partial charge in [-0.1, -0.05) is 0 Å². The van der Waals surface area contributed by atoms with Gasteiger partial charge in [-0.15, -0.1) is 0 Å². The summed E-state index contributed by atoms with van der Waals surface area (Å²) in [4.78, 5) is 15.3. The largest absolute Gasteiger partial charge is 0.490 e. The minimum Gasteiger partial charge on any atom is -0.490 e. The Bertz CT molecular complexity index is 968. The number of carbonyl (C=O) groups excluding carboxylic acids is 1. The zero-order valence-electron chi connectivity index (χ0n) is 13.1. The molecule has 0 saturated carbocycles. The predicted molar refractivity (Wildman–Crippen MR) is 88.2 cm³/mol. The summed E-state index contributed by atoms with van der Waals surface area (Å²) in [5.41, 5.74) is 1.14. The van der Waals surface area contributed by atoms with E-state index in [0.29, 0.717) is 46.9 Å². The highest BCUT2D eigenvalue weighted by atomic mass is 19.2. The van der Waals surface area contributed by atoms with Gasteiger partial charge in [0.05, 0.1) is 24.4 Å². The summed E-state index contributed by atoms with van der Waals surface area (Å²) in [6.07, 6.45) is 2.26. The molecule has 3 aromatic rings. The van der Waals surface area contributed by atoms with Crippen LogP contribution in [0.4, 0.5) is 14.5 Å². The summed E-state index contributed by atoms with van der Waals surface area (Å²) in [7, 11) is 0. The Morgan fingerprint density at radius 1 is 1.04 bits per heavy atom. The van der Waals surface area contributed by atoms with Crippen LogP contribution >= 0.6 is 0 Å².